The minimum absolute atomic E-state index is 0.0482. The minimum atomic E-state index is -1.16. The minimum Gasteiger partial charge on any atom is -0.497 e. The molecule has 0 spiro atoms. The summed E-state index contributed by atoms with van der Waals surface area (Å²) < 4.78 is 10.5. The summed E-state index contributed by atoms with van der Waals surface area (Å²) in [5, 5.41) is 12.5. The van der Waals surface area contributed by atoms with Gasteiger partial charge in [-0.25, -0.2) is 4.79 Å². The van der Waals surface area contributed by atoms with Crippen molar-refractivity contribution in [2.24, 2.45) is 5.92 Å². The van der Waals surface area contributed by atoms with Crippen molar-refractivity contribution in [2.45, 2.75) is 51.0 Å². The van der Waals surface area contributed by atoms with Crippen molar-refractivity contribution in [3.8, 4) is 11.5 Å². The van der Waals surface area contributed by atoms with Gasteiger partial charge in [-0.2, -0.15) is 0 Å². The summed E-state index contributed by atoms with van der Waals surface area (Å²) in [5.74, 6) is 0.481. The Balaban J connectivity index is 2.11. The fraction of sp³-hybridized carbons (Fsp3) is 0.579. The lowest BCUT2D eigenvalue weighted by atomic mass is 9.75. The molecule has 1 aromatic carbocycles. The predicted octanol–water partition coefficient (Wildman–Crippen LogP) is 2.79. The first kappa shape index (κ1) is 19.1. The Morgan fingerprint density at radius 2 is 1.92 bits per heavy atom. The standard InChI is InChI=1S/C19H27NO5/c1-4-13-7-9-19(10-8-13,18(22)23)20-17(21)12-14-11-15(24-2)5-6-16(14)25-3/h5-6,11,13H,4,7-10,12H2,1-3H3,(H,20,21)(H,22,23). The number of ether oxygens (including phenoxy) is 2. The van der Waals surface area contributed by atoms with Gasteiger partial charge < -0.3 is 19.9 Å². The van der Waals surface area contributed by atoms with Crippen LogP contribution in [0.2, 0.25) is 0 Å². The summed E-state index contributed by atoms with van der Waals surface area (Å²) in [6.07, 6.45) is 3.69. The average molecular weight is 349 g/mol. The number of hydrogen-bond donors (Lipinski definition) is 2. The van der Waals surface area contributed by atoms with E-state index in [0.717, 1.165) is 19.3 Å². The number of carbonyl (C=O) groups excluding carboxylic acids is 1. The molecule has 1 fully saturated rings. The molecule has 0 unspecified atom stereocenters. The number of nitrogens with one attached hydrogen (secondary N) is 1. The second-order valence-corrected chi connectivity index (χ2v) is 6.64. The van der Waals surface area contributed by atoms with Crippen molar-refractivity contribution >= 4 is 11.9 Å². The zero-order valence-electron chi connectivity index (χ0n) is 15.1. The van der Waals surface area contributed by atoms with Gasteiger partial charge in [-0.05, 0) is 49.8 Å². The summed E-state index contributed by atoms with van der Waals surface area (Å²) in [6.45, 7) is 2.12. The Morgan fingerprint density at radius 1 is 1.24 bits per heavy atom. The molecular weight excluding hydrogens is 322 g/mol. The van der Waals surface area contributed by atoms with Gasteiger partial charge in [0.05, 0.1) is 20.6 Å². The number of benzene rings is 1. The molecule has 0 radical (unpaired) electrons. The van der Waals surface area contributed by atoms with Crippen molar-refractivity contribution in [3.05, 3.63) is 23.8 Å². The van der Waals surface area contributed by atoms with Gasteiger partial charge in [-0.3, -0.25) is 4.79 Å². The number of aliphatic carboxylic acids is 1. The SMILES string of the molecule is CCC1CCC(NC(=O)Cc2cc(OC)ccc2OC)(C(=O)O)CC1. The van der Waals surface area contributed by atoms with Crippen molar-refractivity contribution in [2.75, 3.05) is 14.2 Å². The first-order valence-corrected chi connectivity index (χ1v) is 8.69. The molecule has 1 aromatic rings. The summed E-state index contributed by atoms with van der Waals surface area (Å²) in [7, 11) is 3.09. The maximum absolute atomic E-state index is 12.5. The van der Waals surface area contributed by atoms with Gasteiger partial charge in [0.15, 0.2) is 0 Å². The number of carboxylic acids is 1. The topological polar surface area (TPSA) is 84.9 Å². The first-order chi connectivity index (χ1) is 11.9. The Bertz CT molecular complexity index is 620. The third-order valence-corrected chi connectivity index (χ3v) is 5.16. The number of hydrogen-bond acceptors (Lipinski definition) is 4. The van der Waals surface area contributed by atoms with Crippen LogP contribution in [-0.2, 0) is 16.0 Å². The second-order valence-electron chi connectivity index (χ2n) is 6.64. The normalized spacial score (nSPS) is 22.9. The number of carbonyl (C=O) groups is 2. The van der Waals surface area contributed by atoms with Gasteiger partial charge in [-0.15, -0.1) is 0 Å². The van der Waals surface area contributed by atoms with Crippen molar-refractivity contribution < 1.29 is 24.2 Å². The Hall–Kier alpha value is -2.24. The zero-order chi connectivity index (χ0) is 18.4. The number of carboxylic acid groups (broad SMARTS) is 1. The lowest BCUT2D eigenvalue weighted by molar-refractivity contribution is -0.149. The van der Waals surface area contributed by atoms with Crippen LogP contribution in [0.1, 0.15) is 44.6 Å². The monoisotopic (exact) mass is 349 g/mol. The van der Waals surface area contributed by atoms with Crippen LogP contribution in [0.5, 0.6) is 11.5 Å². The maximum Gasteiger partial charge on any atom is 0.329 e. The van der Waals surface area contributed by atoms with Crippen LogP contribution in [0.25, 0.3) is 0 Å². The van der Waals surface area contributed by atoms with E-state index in [-0.39, 0.29) is 12.3 Å². The van der Waals surface area contributed by atoms with Gasteiger partial charge in [-0.1, -0.05) is 13.3 Å². The van der Waals surface area contributed by atoms with E-state index < -0.39 is 11.5 Å². The van der Waals surface area contributed by atoms with Crippen molar-refractivity contribution in [1.82, 2.24) is 5.32 Å². The molecule has 1 saturated carbocycles. The smallest absolute Gasteiger partial charge is 0.329 e. The van der Waals surface area contributed by atoms with Crippen LogP contribution in [0, 0.1) is 5.92 Å². The molecular formula is C19H27NO5. The summed E-state index contributed by atoms with van der Waals surface area (Å²) >= 11 is 0. The van der Waals surface area contributed by atoms with Crippen LogP contribution in [0.15, 0.2) is 18.2 Å². The lowest BCUT2D eigenvalue weighted by Gasteiger charge is -2.37. The summed E-state index contributed by atoms with van der Waals surface area (Å²) in [4.78, 5) is 24.4. The molecule has 6 nitrogen and oxygen atoms in total. The second kappa shape index (κ2) is 8.23. The molecule has 2 rings (SSSR count). The van der Waals surface area contributed by atoms with Gasteiger partial charge in [0, 0.05) is 5.56 Å². The van der Waals surface area contributed by atoms with E-state index in [2.05, 4.69) is 12.2 Å². The highest BCUT2D eigenvalue weighted by Gasteiger charge is 2.42. The molecule has 0 aliphatic heterocycles. The molecule has 1 amide bonds. The Morgan fingerprint density at radius 3 is 2.44 bits per heavy atom. The van der Waals surface area contributed by atoms with Gasteiger partial charge in [0.2, 0.25) is 5.91 Å². The quantitative estimate of drug-likeness (QED) is 0.791. The fourth-order valence-corrected chi connectivity index (χ4v) is 3.48. The number of amides is 1. The lowest BCUT2D eigenvalue weighted by Crippen LogP contribution is -2.56. The molecule has 1 aliphatic rings. The van der Waals surface area contributed by atoms with E-state index in [9.17, 15) is 14.7 Å². The molecule has 0 saturated heterocycles. The van der Waals surface area contributed by atoms with E-state index in [1.54, 1.807) is 25.3 Å². The first-order valence-electron chi connectivity index (χ1n) is 8.69. The van der Waals surface area contributed by atoms with Crippen LogP contribution >= 0.6 is 0 Å². The number of methoxy groups -OCH3 is 2. The fourth-order valence-electron chi connectivity index (χ4n) is 3.48. The Labute approximate surface area is 148 Å². The van der Waals surface area contributed by atoms with Crippen LogP contribution < -0.4 is 14.8 Å². The summed E-state index contributed by atoms with van der Waals surface area (Å²) in [5.41, 5.74) is -0.489. The van der Waals surface area contributed by atoms with Crippen LogP contribution in [-0.4, -0.2) is 36.7 Å². The molecule has 0 aromatic heterocycles. The van der Waals surface area contributed by atoms with E-state index in [1.807, 2.05) is 0 Å². The largest absolute Gasteiger partial charge is 0.497 e. The molecule has 0 heterocycles. The molecule has 1 aliphatic carbocycles. The molecule has 2 N–H and O–H groups in total. The summed E-state index contributed by atoms with van der Waals surface area (Å²) in [6, 6.07) is 5.23. The van der Waals surface area contributed by atoms with E-state index in [0.29, 0.717) is 35.8 Å². The molecule has 25 heavy (non-hydrogen) atoms. The zero-order valence-corrected chi connectivity index (χ0v) is 15.1. The maximum atomic E-state index is 12.5. The average Bonchev–Trinajstić information content (AvgIpc) is 2.62. The molecule has 0 bridgehead atoms. The molecule has 138 valence electrons. The van der Waals surface area contributed by atoms with E-state index in [4.69, 9.17) is 9.47 Å². The van der Waals surface area contributed by atoms with Gasteiger partial charge in [0.25, 0.3) is 0 Å². The van der Waals surface area contributed by atoms with E-state index >= 15 is 0 Å². The van der Waals surface area contributed by atoms with Gasteiger partial charge >= 0.3 is 5.97 Å². The molecule has 6 heteroatoms. The van der Waals surface area contributed by atoms with E-state index in [1.165, 1.54) is 7.11 Å². The Kier molecular flexibility index (Phi) is 6.28. The molecule has 0 atom stereocenters. The van der Waals surface area contributed by atoms with Crippen LogP contribution in [0.3, 0.4) is 0 Å². The third kappa shape index (κ3) is 4.44. The number of rotatable bonds is 7. The highest BCUT2D eigenvalue weighted by molar-refractivity contribution is 5.88. The van der Waals surface area contributed by atoms with Crippen LogP contribution in [0.4, 0.5) is 0 Å². The third-order valence-electron chi connectivity index (χ3n) is 5.16. The van der Waals surface area contributed by atoms with Crippen molar-refractivity contribution in [1.29, 1.82) is 0 Å². The predicted molar refractivity (Wildman–Crippen MR) is 94.0 cm³/mol. The highest BCUT2D eigenvalue weighted by Crippen LogP contribution is 2.34. The highest BCUT2D eigenvalue weighted by atomic mass is 16.5. The van der Waals surface area contributed by atoms with Gasteiger partial charge in [0.1, 0.15) is 17.0 Å². The van der Waals surface area contributed by atoms with Crippen molar-refractivity contribution in [3.63, 3.8) is 0 Å².